The number of hydrogen-bond donors (Lipinski definition) is 1. The number of benzene rings is 1. The maximum Gasteiger partial charge on any atom is 0.299 e. The van der Waals surface area contributed by atoms with Gasteiger partial charge in [-0.3, -0.25) is 0 Å². The fourth-order valence-electron chi connectivity index (χ4n) is 2.15. The van der Waals surface area contributed by atoms with E-state index in [4.69, 9.17) is 4.18 Å². The lowest BCUT2D eigenvalue weighted by molar-refractivity contribution is 0.505. The third-order valence-corrected chi connectivity index (χ3v) is 3.54. The molecule has 0 saturated carbocycles. The normalized spacial score (nSPS) is 10.8. The smallest absolute Gasteiger partial charge is 0.299 e. The molecular formula is C15H24O3S. The minimum atomic E-state index is -2.82. The molecule has 0 amide bonds. The van der Waals surface area contributed by atoms with Crippen molar-refractivity contribution in [2.75, 3.05) is 0 Å². The molecule has 0 aliphatic carbocycles. The van der Waals surface area contributed by atoms with Crippen molar-refractivity contribution < 1.29 is 12.6 Å². The van der Waals surface area contributed by atoms with Crippen molar-refractivity contribution >= 4 is 11.0 Å². The molecule has 108 valence electrons. The van der Waals surface area contributed by atoms with Crippen molar-refractivity contribution in [3.8, 4) is 5.75 Å². The number of unbranched alkanes of at least 4 members (excludes halogenated alkanes) is 6. The van der Waals surface area contributed by atoms with E-state index in [1.54, 1.807) is 12.1 Å². The van der Waals surface area contributed by atoms with Gasteiger partial charge in [-0.2, -0.15) is 8.42 Å². The first kappa shape index (κ1) is 16.0. The Bertz CT molecular complexity index is 419. The lowest BCUT2D eigenvalue weighted by Crippen LogP contribution is -1.95. The Morgan fingerprint density at radius 3 is 2.26 bits per heavy atom. The highest BCUT2D eigenvalue weighted by molar-refractivity contribution is 7.67. The minimum Gasteiger partial charge on any atom is -0.384 e. The van der Waals surface area contributed by atoms with Crippen LogP contribution in [0.1, 0.15) is 57.4 Å². The van der Waals surface area contributed by atoms with Gasteiger partial charge in [-0.1, -0.05) is 63.6 Å². The standard InChI is InChI=1S/C15H24O3S/c1-2-3-4-5-6-7-8-11-14-12-9-10-13-15(14)18-19(16)17/h9-10,12-13,19H,2-8,11H2,1H3. The van der Waals surface area contributed by atoms with Crippen molar-refractivity contribution in [1.29, 1.82) is 0 Å². The van der Waals surface area contributed by atoms with Crippen LogP contribution in [0.25, 0.3) is 0 Å². The van der Waals surface area contributed by atoms with E-state index < -0.39 is 11.0 Å². The zero-order valence-electron chi connectivity index (χ0n) is 11.6. The average molecular weight is 284 g/mol. The fourth-order valence-corrected chi connectivity index (χ4v) is 2.49. The van der Waals surface area contributed by atoms with Gasteiger partial charge in [0.05, 0.1) is 0 Å². The predicted molar refractivity (Wildman–Crippen MR) is 79.1 cm³/mol. The molecular weight excluding hydrogens is 260 g/mol. The van der Waals surface area contributed by atoms with Gasteiger partial charge in [-0.25, -0.2) is 0 Å². The highest BCUT2D eigenvalue weighted by Gasteiger charge is 2.03. The van der Waals surface area contributed by atoms with E-state index in [-0.39, 0.29) is 0 Å². The summed E-state index contributed by atoms with van der Waals surface area (Å²) < 4.78 is 26.0. The molecule has 0 spiro atoms. The molecule has 0 aromatic heterocycles. The summed E-state index contributed by atoms with van der Waals surface area (Å²) in [5, 5.41) is 0. The second kappa shape index (κ2) is 9.84. The second-order valence-electron chi connectivity index (χ2n) is 4.79. The SMILES string of the molecule is CCCCCCCCCc1ccccc1O[SH](=O)=O. The molecule has 3 nitrogen and oxygen atoms in total. The topological polar surface area (TPSA) is 43.4 Å². The van der Waals surface area contributed by atoms with E-state index in [0.29, 0.717) is 5.75 Å². The second-order valence-corrected chi connectivity index (χ2v) is 5.42. The minimum absolute atomic E-state index is 0.476. The van der Waals surface area contributed by atoms with Gasteiger partial charge in [0.1, 0.15) is 5.75 Å². The summed E-state index contributed by atoms with van der Waals surface area (Å²) in [5.74, 6) is 0.476. The van der Waals surface area contributed by atoms with Gasteiger partial charge in [0, 0.05) is 0 Å². The van der Waals surface area contributed by atoms with Crippen LogP contribution >= 0.6 is 0 Å². The molecule has 4 heteroatoms. The van der Waals surface area contributed by atoms with Gasteiger partial charge in [0.15, 0.2) is 0 Å². The summed E-state index contributed by atoms with van der Waals surface area (Å²) in [6.45, 7) is 2.22. The molecule has 0 N–H and O–H groups in total. The summed E-state index contributed by atoms with van der Waals surface area (Å²) in [7, 11) is -2.82. The first-order valence-corrected chi connectivity index (χ1v) is 8.24. The van der Waals surface area contributed by atoms with Gasteiger partial charge >= 0.3 is 0 Å². The Balaban J connectivity index is 2.28. The average Bonchev–Trinajstić information content (AvgIpc) is 2.39. The van der Waals surface area contributed by atoms with Crippen LogP contribution in [0, 0.1) is 0 Å². The molecule has 0 fully saturated rings. The third-order valence-electron chi connectivity index (χ3n) is 3.20. The van der Waals surface area contributed by atoms with E-state index in [2.05, 4.69) is 6.92 Å². The molecule has 0 atom stereocenters. The largest absolute Gasteiger partial charge is 0.384 e. The quantitative estimate of drug-likeness (QED) is 0.523. The predicted octanol–water partition coefficient (Wildman–Crippen LogP) is 3.88. The highest BCUT2D eigenvalue weighted by Crippen LogP contribution is 2.20. The van der Waals surface area contributed by atoms with Gasteiger partial charge < -0.3 is 4.18 Å². The van der Waals surface area contributed by atoms with Crippen molar-refractivity contribution in [3.63, 3.8) is 0 Å². The van der Waals surface area contributed by atoms with Crippen LogP contribution in [0.4, 0.5) is 0 Å². The Labute approximate surface area is 118 Å². The number of para-hydroxylation sites is 1. The number of thiol groups is 1. The van der Waals surface area contributed by atoms with Gasteiger partial charge in [-0.15, -0.1) is 0 Å². The molecule has 1 aromatic carbocycles. The zero-order valence-corrected chi connectivity index (χ0v) is 12.5. The van der Waals surface area contributed by atoms with Gasteiger partial charge in [-0.05, 0) is 24.5 Å². The maximum absolute atomic E-state index is 10.6. The Morgan fingerprint density at radius 2 is 1.58 bits per heavy atom. The van der Waals surface area contributed by atoms with Gasteiger partial charge in [0.25, 0.3) is 11.0 Å². The molecule has 1 aromatic rings. The lowest BCUT2D eigenvalue weighted by atomic mass is 10.0. The lowest BCUT2D eigenvalue weighted by Gasteiger charge is -2.06. The van der Waals surface area contributed by atoms with E-state index in [9.17, 15) is 8.42 Å². The van der Waals surface area contributed by atoms with Crippen LogP contribution in [0.3, 0.4) is 0 Å². The van der Waals surface area contributed by atoms with Crippen LogP contribution in [0.2, 0.25) is 0 Å². The Morgan fingerprint density at radius 1 is 0.947 bits per heavy atom. The first-order chi connectivity index (χ1) is 9.24. The Kier molecular flexibility index (Phi) is 8.30. The molecule has 0 unspecified atom stereocenters. The van der Waals surface area contributed by atoms with Crippen LogP contribution in [-0.4, -0.2) is 8.42 Å². The van der Waals surface area contributed by atoms with Crippen molar-refractivity contribution in [2.24, 2.45) is 0 Å². The molecule has 1 rings (SSSR count). The van der Waals surface area contributed by atoms with E-state index in [1.807, 2.05) is 12.1 Å². The van der Waals surface area contributed by atoms with Crippen molar-refractivity contribution in [2.45, 2.75) is 58.3 Å². The third kappa shape index (κ3) is 7.21. The van der Waals surface area contributed by atoms with E-state index in [1.165, 1.54) is 38.5 Å². The number of hydrogen-bond acceptors (Lipinski definition) is 3. The molecule has 0 saturated heterocycles. The van der Waals surface area contributed by atoms with E-state index in [0.717, 1.165) is 18.4 Å². The van der Waals surface area contributed by atoms with Crippen LogP contribution in [0.5, 0.6) is 5.75 Å². The summed E-state index contributed by atoms with van der Waals surface area (Å²) >= 11 is 0. The Hall–Kier alpha value is -1.03. The summed E-state index contributed by atoms with van der Waals surface area (Å²) in [6.07, 6.45) is 9.66. The molecule has 0 aliphatic rings. The van der Waals surface area contributed by atoms with Crippen LogP contribution < -0.4 is 4.18 Å². The number of aryl methyl sites for hydroxylation is 1. The summed E-state index contributed by atoms with van der Waals surface area (Å²) in [5.41, 5.74) is 0.982. The first-order valence-electron chi connectivity index (χ1n) is 7.14. The van der Waals surface area contributed by atoms with Crippen molar-refractivity contribution in [3.05, 3.63) is 29.8 Å². The van der Waals surface area contributed by atoms with Crippen LogP contribution in [0.15, 0.2) is 24.3 Å². The number of rotatable bonds is 10. The maximum atomic E-state index is 10.6. The van der Waals surface area contributed by atoms with E-state index >= 15 is 0 Å². The molecule has 0 bridgehead atoms. The molecule has 0 aliphatic heterocycles. The molecule has 19 heavy (non-hydrogen) atoms. The summed E-state index contributed by atoms with van der Waals surface area (Å²) in [4.78, 5) is 0. The highest BCUT2D eigenvalue weighted by atomic mass is 32.2. The van der Waals surface area contributed by atoms with Crippen molar-refractivity contribution in [1.82, 2.24) is 0 Å². The molecule has 0 radical (unpaired) electrons. The zero-order chi connectivity index (χ0) is 13.9. The van der Waals surface area contributed by atoms with Crippen LogP contribution in [-0.2, 0) is 17.4 Å². The molecule has 0 heterocycles. The summed E-state index contributed by atoms with van der Waals surface area (Å²) in [6, 6.07) is 7.36. The van der Waals surface area contributed by atoms with Gasteiger partial charge in [0.2, 0.25) is 0 Å². The fraction of sp³-hybridized carbons (Fsp3) is 0.600. The monoisotopic (exact) mass is 284 g/mol.